The minimum absolute atomic E-state index is 0.0918. The van der Waals surface area contributed by atoms with Crippen molar-refractivity contribution in [2.75, 3.05) is 18.6 Å². The minimum atomic E-state index is 0.0918. The molecule has 0 radical (unpaired) electrons. The second-order valence-electron chi connectivity index (χ2n) is 1.81. The van der Waals surface area contributed by atoms with Crippen molar-refractivity contribution < 1.29 is 4.84 Å². The topological polar surface area (TPSA) is 85.7 Å². The molecule has 0 aliphatic rings. The fraction of sp³-hybridized carbons (Fsp3) is 0.800. The van der Waals surface area contributed by atoms with Crippen LogP contribution in [0, 0.1) is 0 Å². The monoisotopic (exact) mass is 178 g/mol. The Balaban J connectivity index is 3.02. The molecule has 0 unspecified atom stereocenters. The number of nitrogens with zero attached hydrogens (tertiary/aromatic N) is 1. The van der Waals surface area contributed by atoms with E-state index in [9.17, 15) is 0 Å². The largest absolute Gasteiger partial charge is 0.367 e. The van der Waals surface area contributed by atoms with E-state index in [4.69, 9.17) is 16.4 Å². The van der Waals surface area contributed by atoms with Crippen molar-refractivity contribution in [2.24, 2.45) is 16.7 Å². The molecule has 0 aromatic rings. The van der Waals surface area contributed by atoms with E-state index < -0.39 is 0 Å². The summed E-state index contributed by atoms with van der Waals surface area (Å²) >= 11 is 1.77. The van der Waals surface area contributed by atoms with E-state index in [1.807, 2.05) is 6.26 Å². The summed E-state index contributed by atoms with van der Waals surface area (Å²) in [5.74, 6) is 5.99. The van der Waals surface area contributed by atoms with Gasteiger partial charge in [0, 0.05) is 0 Å². The van der Waals surface area contributed by atoms with Crippen molar-refractivity contribution in [3.05, 3.63) is 0 Å². The van der Waals surface area contributed by atoms with Crippen LogP contribution in [0.15, 0.2) is 5.10 Å². The van der Waals surface area contributed by atoms with Gasteiger partial charge in [-0.05, 0) is 18.4 Å². The van der Waals surface area contributed by atoms with Gasteiger partial charge in [0.05, 0.1) is 6.61 Å². The molecule has 0 aromatic heterocycles. The molecule has 11 heavy (non-hydrogen) atoms. The summed E-state index contributed by atoms with van der Waals surface area (Å²) in [5.41, 5.74) is 7.56. The zero-order chi connectivity index (χ0) is 8.53. The number of nitrogens with two attached hydrogens (primary N) is 2. The molecule has 5 nitrogen and oxygen atoms in total. The maximum absolute atomic E-state index is 5.17. The van der Waals surface area contributed by atoms with Crippen LogP contribution in [0.4, 0.5) is 0 Å². The zero-order valence-electron chi connectivity index (χ0n) is 6.54. The molecular weight excluding hydrogens is 164 g/mol. The smallest absolute Gasteiger partial charge is 0.234 e. The standard InChI is InChI=1S/C5H14N4OS/c1-11-4-2-3-10-9-5(6)8-7/h2-4,7H2,1H3,(H3,6,8,9). The van der Waals surface area contributed by atoms with Gasteiger partial charge in [-0.1, -0.05) is 0 Å². The van der Waals surface area contributed by atoms with Gasteiger partial charge in [0.1, 0.15) is 0 Å². The Kier molecular flexibility index (Phi) is 7.06. The molecule has 0 rings (SSSR count). The number of thioether (sulfide) groups is 1. The summed E-state index contributed by atoms with van der Waals surface area (Å²) in [6.45, 7) is 0.608. The van der Waals surface area contributed by atoms with Gasteiger partial charge in [0.2, 0.25) is 5.96 Å². The maximum atomic E-state index is 5.17. The highest BCUT2D eigenvalue weighted by Gasteiger charge is 1.89. The molecule has 0 amide bonds. The molecule has 0 spiro atoms. The van der Waals surface area contributed by atoms with Crippen LogP contribution in [0.1, 0.15) is 6.42 Å². The van der Waals surface area contributed by atoms with Crippen molar-refractivity contribution in [3.63, 3.8) is 0 Å². The van der Waals surface area contributed by atoms with Gasteiger partial charge in [0.25, 0.3) is 0 Å². The van der Waals surface area contributed by atoms with Crippen molar-refractivity contribution >= 4 is 17.7 Å². The SMILES string of the molecule is CSCCCONC(N)=NN. The van der Waals surface area contributed by atoms with Crippen molar-refractivity contribution in [1.82, 2.24) is 5.48 Å². The van der Waals surface area contributed by atoms with Gasteiger partial charge in [-0.25, -0.2) is 5.48 Å². The highest BCUT2D eigenvalue weighted by atomic mass is 32.2. The summed E-state index contributed by atoms with van der Waals surface area (Å²) in [4.78, 5) is 4.89. The molecule has 0 fully saturated rings. The first-order valence-electron chi connectivity index (χ1n) is 3.21. The molecular formula is C5H14N4OS. The molecule has 0 saturated carbocycles. The number of rotatable bonds is 5. The van der Waals surface area contributed by atoms with Crippen molar-refractivity contribution in [2.45, 2.75) is 6.42 Å². The molecule has 0 bridgehead atoms. The molecule has 0 heterocycles. The highest BCUT2D eigenvalue weighted by molar-refractivity contribution is 7.98. The van der Waals surface area contributed by atoms with Crippen LogP contribution < -0.4 is 17.1 Å². The third kappa shape index (κ3) is 7.27. The Morgan fingerprint density at radius 2 is 2.45 bits per heavy atom. The summed E-state index contributed by atoms with van der Waals surface area (Å²) in [6.07, 6.45) is 3.02. The van der Waals surface area contributed by atoms with Crippen molar-refractivity contribution in [3.8, 4) is 0 Å². The lowest BCUT2D eigenvalue weighted by Gasteiger charge is -2.03. The van der Waals surface area contributed by atoms with E-state index in [0.717, 1.165) is 12.2 Å². The van der Waals surface area contributed by atoms with Crippen LogP contribution in [-0.2, 0) is 4.84 Å². The Bertz CT molecular complexity index is 119. The fourth-order valence-corrected chi connectivity index (χ4v) is 0.833. The van der Waals surface area contributed by atoms with Crippen LogP contribution >= 0.6 is 11.8 Å². The number of hydroxylamine groups is 1. The van der Waals surface area contributed by atoms with Crippen LogP contribution in [0.25, 0.3) is 0 Å². The summed E-state index contributed by atoms with van der Waals surface area (Å²) in [6, 6.07) is 0. The highest BCUT2D eigenvalue weighted by Crippen LogP contribution is 1.93. The minimum Gasteiger partial charge on any atom is -0.367 e. The first kappa shape index (κ1) is 10.4. The van der Waals surface area contributed by atoms with Gasteiger partial charge < -0.3 is 11.6 Å². The third-order valence-electron chi connectivity index (χ3n) is 0.911. The van der Waals surface area contributed by atoms with E-state index in [1.165, 1.54) is 0 Å². The predicted octanol–water partition coefficient (Wildman–Crippen LogP) is -0.551. The summed E-state index contributed by atoms with van der Waals surface area (Å²) < 4.78 is 0. The maximum Gasteiger partial charge on any atom is 0.234 e. The second-order valence-corrected chi connectivity index (χ2v) is 2.80. The molecule has 0 atom stereocenters. The van der Waals surface area contributed by atoms with E-state index in [1.54, 1.807) is 11.8 Å². The second kappa shape index (κ2) is 7.49. The first-order valence-corrected chi connectivity index (χ1v) is 4.60. The lowest BCUT2D eigenvalue weighted by Crippen LogP contribution is -2.33. The Morgan fingerprint density at radius 1 is 1.73 bits per heavy atom. The number of hydrazone groups is 1. The molecule has 0 saturated heterocycles. The Morgan fingerprint density at radius 3 is 3.00 bits per heavy atom. The lowest BCUT2D eigenvalue weighted by molar-refractivity contribution is 0.0851. The zero-order valence-corrected chi connectivity index (χ0v) is 7.36. The quantitative estimate of drug-likeness (QED) is 0.173. The lowest BCUT2D eigenvalue weighted by atomic mass is 10.5. The Labute approximate surface area is 70.5 Å². The van der Waals surface area contributed by atoms with Gasteiger partial charge in [-0.3, -0.25) is 4.84 Å². The molecule has 0 aromatic carbocycles. The summed E-state index contributed by atoms with van der Waals surface area (Å²) in [5, 5.41) is 3.16. The number of hydrogen-bond donors (Lipinski definition) is 3. The normalized spacial score (nSPS) is 11.5. The number of guanidine groups is 1. The van der Waals surface area contributed by atoms with E-state index >= 15 is 0 Å². The van der Waals surface area contributed by atoms with Gasteiger partial charge in [-0.15, -0.1) is 5.10 Å². The summed E-state index contributed by atoms with van der Waals surface area (Å²) in [7, 11) is 0. The van der Waals surface area contributed by atoms with E-state index in [-0.39, 0.29) is 5.96 Å². The van der Waals surface area contributed by atoms with Gasteiger partial charge >= 0.3 is 0 Å². The third-order valence-corrected chi connectivity index (χ3v) is 1.61. The van der Waals surface area contributed by atoms with E-state index in [0.29, 0.717) is 6.61 Å². The van der Waals surface area contributed by atoms with Gasteiger partial charge in [-0.2, -0.15) is 11.8 Å². The predicted molar refractivity (Wildman–Crippen MR) is 47.9 cm³/mol. The molecule has 66 valence electrons. The van der Waals surface area contributed by atoms with Crippen LogP contribution in [-0.4, -0.2) is 24.6 Å². The van der Waals surface area contributed by atoms with Crippen LogP contribution in [0.3, 0.4) is 0 Å². The van der Waals surface area contributed by atoms with E-state index in [2.05, 4.69) is 10.6 Å². The Hall–Kier alpha value is -0.620. The average Bonchev–Trinajstić information content (AvgIpc) is 2.04. The van der Waals surface area contributed by atoms with Crippen molar-refractivity contribution in [1.29, 1.82) is 0 Å². The fourth-order valence-electron chi connectivity index (χ4n) is 0.427. The number of nitrogens with one attached hydrogen (secondary N) is 1. The van der Waals surface area contributed by atoms with Crippen LogP contribution in [0.2, 0.25) is 0 Å². The molecule has 5 N–H and O–H groups in total. The first-order chi connectivity index (χ1) is 5.31. The number of hydrogen-bond acceptors (Lipinski definition) is 4. The molecule has 0 aliphatic carbocycles. The molecule has 0 aliphatic heterocycles. The van der Waals surface area contributed by atoms with Crippen LogP contribution in [0.5, 0.6) is 0 Å². The van der Waals surface area contributed by atoms with Gasteiger partial charge in [0.15, 0.2) is 0 Å². The average molecular weight is 178 g/mol. The molecule has 6 heteroatoms.